The fraction of sp³-hybridized carbons (Fsp3) is 0.235. The van der Waals surface area contributed by atoms with Gasteiger partial charge >= 0.3 is 0 Å². The van der Waals surface area contributed by atoms with Crippen LogP contribution in [-0.4, -0.2) is 29.2 Å². The van der Waals surface area contributed by atoms with Crippen molar-refractivity contribution in [2.45, 2.75) is 18.1 Å². The molecule has 6 heteroatoms. The molecule has 0 unspecified atom stereocenters. The molecule has 0 aromatic heterocycles. The molecule has 1 amide bonds. The van der Waals surface area contributed by atoms with Crippen molar-refractivity contribution >= 4 is 33.4 Å². The Morgan fingerprint density at radius 2 is 1.83 bits per heavy atom. The summed E-state index contributed by atoms with van der Waals surface area (Å²) in [5, 5.41) is 12.5. The van der Waals surface area contributed by atoms with Gasteiger partial charge in [0.05, 0.1) is 10.6 Å². The first-order valence-corrected chi connectivity index (χ1v) is 8.34. The van der Waals surface area contributed by atoms with E-state index in [1.807, 2.05) is 36.4 Å². The van der Waals surface area contributed by atoms with Gasteiger partial charge in [0.25, 0.3) is 5.91 Å². The summed E-state index contributed by atoms with van der Waals surface area (Å²) in [4.78, 5) is 11.9. The number of carbonyl (C=O) groups excluding carboxylic acids is 1. The number of benzene rings is 2. The number of halogens is 2. The Kier molecular flexibility index (Phi) is 6.89. The first kappa shape index (κ1) is 17.8. The van der Waals surface area contributed by atoms with E-state index in [1.54, 1.807) is 18.2 Å². The maximum Gasteiger partial charge on any atom is 0.277 e. The van der Waals surface area contributed by atoms with Gasteiger partial charge in [0.1, 0.15) is 5.75 Å². The molecule has 0 radical (unpaired) electrons. The van der Waals surface area contributed by atoms with Gasteiger partial charge in [-0.3, -0.25) is 4.79 Å². The zero-order valence-electron chi connectivity index (χ0n) is 12.3. The van der Waals surface area contributed by atoms with E-state index in [2.05, 4.69) is 21.2 Å². The number of aliphatic hydroxyl groups is 1. The Hall–Kier alpha value is -1.56. The second-order valence-corrected chi connectivity index (χ2v) is 6.20. The van der Waals surface area contributed by atoms with Gasteiger partial charge in [0.15, 0.2) is 0 Å². The summed E-state index contributed by atoms with van der Waals surface area (Å²) in [6.45, 7) is 0.107. The van der Waals surface area contributed by atoms with E-state index in [0.717, 1.165) is 5.56 Å². The average Bonchev–Trinajstić information content (AvgIpc) is 2.55. The third-order valence-corrected chi connectivity index (χ3v) is 4.04. The Morgan fingerprint density at radius 3 is 2.52 bits per heavy atom. The third kappa shape index (κ3) is 5.86. The summed E-state index contributed by atoms with van der Waals surface area (Å²) in [7, 11) is 0. The highest BCUT2D eigenvalue weighted by Gasteiger charge is 2.19. The zero-order chi connectivity index (χ0) is 16.7. The van der Waals surface area contributed by atoms with Crippen LogP contribution in [-0.2, 0) is 11.2 Å². The predicted molar refractivity (Wildman–Crippen MR) is 93.6 cm³/mol. The standard InChI is InChI=1S/C17H17BrClNO3/c18-14-8-4-5-9-15(14)23-16(19)17(22)20-11-13(21)10-12-6-2-1-3-7-12/h1-9,13,16,21H,10-11H2,(H,20,22)/t13-,16+/m1/s1. The van der Waals surface area contributed by atoms with Crippen molar-refractivity contribution in [2.75, 3.05) is 6.54 Å². The van der Waals surface area contributed by atoms with Crippen LogP contribution < -0.4 is 10.1 Å². The average molecular weight is 399 g/mol. The highest BCUT2D eigenvalue weighted by molar-refractivity contribution is 9.10. The summed E-state index contributed by atoms with van der Waals surface area (Å²) in [5.41, 5.74) is -0.168. The number of rotatable bonds is 7. The van der Waals surface area contributed by atoms with Gasteiger partial charge in [0.2, 0.25) is 5.56 Å². The van der Waals surface area contributed by atoms with Crippen molar-refractivity contribution in [1.29, 1.82) is 0 Å². The number of hydrogen-bond donors (Lipinski definition) is 2. The lowest BCUT2D eigenvalue weighted by atomic mass is 10.1. The van der Waals surface area contributed by atoms with Crippen LogP contribution in [0.5, 0.6) is 5.75 Å². The molecule has 0 saturated heterocycles. The van der Waals surface area contributed by atoms with Crippen molar-refractivity contribution in [1.82, 2.24) is 5.32 Å². The number of ether oxygens (including phenoxy) is 1. The minimum absolute atomic E-state index is 0.107. The molecule has 2 rings (SSSR count). The van der Waals surface area contributed by atoms with Crippen LogP contribution in [0, 0.1) is 0 Å². The molecule has 2 atom stereocenters. The smallest absolute Gasteiger partial charge is 0.277 e. The largest absolute Gasteiger partial charge is 0.464 e. The first-order valence-electron chi connectivity index (χ1n) is 7.11. The third-order valence-electron chi connectivity index (χ3n) is 3.10. The lowest BCUT2D eigenvalue weighted by molar-refractivity contribution is -0.125. The molecule has 0 spiro atoms. The molecule has 4 nitrogen and oxygen atoms in total. The number of carbonyl (C=O) groups is 1. The van der Waals surface area contributed by atoms with Crippen molar-refractivity contribution in [3.8, 4) is 5.75 Å². The molecule has 0 aliphatic carbocycles. The van der Waals surface area contributed by atoms with E-state index < -0.39 is 17.6 Å². The van der Waals surface area contributed by atoms with Gasteiger partial charge in [-0.15, -0.1) is 0 Å². The Morgan fingerprint density at radius 1 is 1.17 bits per heavy atom. The fourth-order valence-corrected chi connectivity index (χ4v) is 2.51. The maximum atomic E-state index is 11.9. The molecule has 0 aliphatic rings. The number of nitrogens with one attached hydrogen (secondary N) is 1. The van der Waals surface area contributed by atoms with Crippen LogP contribution in [0.1, 0.15) is 5.56 Å². The van der Waals surface area contributed by atoms with Gasteiger partial charge in [-0.05, 0) is 33.6 Å². The summed E-state index contributed by atoms with van der Waals surface area (Å²) in [6.07, 6.45) is -0.229. The van der Waals surface area contributed by atoms with Gasteiger partial charge in [-0.2, -0.15) is 0 Å². The molecule has 0 bridgehead atoms. The van der Waals surface area contributed by atoms with Crippen LogP contribution >= 0.6 is 27.5 Å². The summed E-state index contributed by atoms with van der Waals surface area (Å²) in [5.74, 6) is -0.0120. The van der Waals surface area contributed by atoms with Crippen LogP contribution in [0.15, 0.2) is 59.1 Å². The quantitative estimate of drug-likeness (QED) is 0.705. The normalized spacial score (nSPS) is 13.2. The zero-order valence-corrected chi connectivity index (χ0v) is 14.6. The van der Waals surface area contributed by atoms with E-state index in [9.17, 15) is 9.90 Å². The topological polar surface area (TPSA) is 58.6 Å². The summed E-state index contributed by atoms with van der Waals surface area (Å²) >= 11 is 9.26. The molecule has 2 N–H and O–H groups in total. The second kappa shape index (κ2) is 8.91. The van der Waals surface area contributed by atoms with Crippen molar-refractivity contribution in [3.05, 3.63) is 64.6 Å². The summed E-state index contributed by atoms with van der Waals surface area (Å²) < 4.78 is 6.09. The molecule has 0 heterocycles. The lowest BCUT2D eigenvalue weighted by Crippen LogP contribution is -2.39. The minimum atomic E-state index is -1.17. The van der Waals surface area contributed by atoms with E-state index in [-0.39, 0.29) is 6.54 Å². The van der Waals surface area contributed by atoms with E-state index >= 15 is 0 Å². The number of hydrogen-bond acceptors (Lipinski definition) is 3. The molecule has 0 aliphatic heterocycles. The van der Waals surface area contributed by atoms with Gasteiger partial charge in [-0.1, -0.05) is 54.1 Å². The van der Waals surface area contributed by atoms with Crippen molar-refractivity contribution < 1.29 is 14.6 Å². The Balaban J connectivity index is 1.78. The van der Waals surface area contributed by atoms with Crippen LogP contribution in [0.3, 0.4) is 0 Å². The van der Waals surface area contributed by atoms with Crippen molar-refractivity contribution in [3.63, 3.8) is 0 Å². The molecule has 2 aromatic carbocycles. The Labute approximate surface area is 148 Å². The molecule has 0 saturated carbocycles. The van der Waals surface area contributed by atoms with E-state index in [0.29, 0.717) is 16.6 Å². The molecule has 23 heavy (non-hydrogen) atoms. The van der Waals surface area contributed by atoms with E-state index in [1.165, 1.54) is 0 Å². The highest BCUT2D eigenvalue weighted by Crippen LogP contribution is 2.25. The fourth-order valence-electron chi connectivity index (χ4n) is 1.96. The molecule has 2 aromatic rings. The second-order valence-electron chi connectivity index (χ2n) is 4.95. The SMILES string of the molecule is O=C(NC[C@H](O)Cc1ccccc1)[C@@H](Cl)Oc1ccccc1Br. The predicted octanol–water partition coefficient (Wildman–Crippen LogP) is 3.11. The van der Waals surface area contributed by atoms with E-state index in [4.69, 9.17) is 16.3 Å². The number of aliphatic hydroxyl groups excluding tert-OH is 1. The first-order chi connectivity index (χ1) is 11.1. The van der Waals surface area contributed by atoms with Gasteiger partial charge in [-0.25, -0.2) is 0 Å². The van der Waals surface area contributed by atoms with Crippen LogP contribution in [0.4, 0.5) is 0 Å². The molecule has 122 valence electrons. The van der Waals surface area contributed by atoms with Crippen LogP contribution in [0.2, 0.25) is 0 Å². The highest BCUT2D eigenvalue weighted by atomic mass is 79.9. The number of amides is 1. The van der Waals surface area contributed by atoms with Gasteiger partial charge < -0.3 is 15.2 Å². The molecular formula is C17H17BrClNO3. The number of para-hydroxylation sites is 1. The lowest BCUT2D eigenvalue weighted by Gasteiger charge is -2.16. The molecule has 0 fully saturated rings. The monoisotopic (exact) mass is 397 g/mol. The molecular weight excluding hydrogens is 382 g/mol. The van der Waals surface area contributed by atoms with Crippen molar-refractivity contribution in [2.24, 2.45) is 0 Å². The van der Waals surface area contributed by atoms with Gasteiger partial charge in [0, 0.05) is 13.0 Å². The summed E-state index contributed by atoms with van der Waals surface area (Å²) in [6, 6.07) is 16.7. The maximum absolute atomic E-state index is 11.9. The minimum Gasteiger partial charge on any atom is -0.464 e. The van der Waals surface area contributed by atoms with Crippen LogP contribution in [0.25, 0.3) is 0 Å². The Bertz CT molecular complexity index is 639. The number of alkyl halides is 1.